The third-order valence-electron chi connectivity index (χ3n) is 3.40. The molecule has 0 bridgehead atoms. The molecule has 0 N–H and O–H groups in total. The highest BCUT2D eigenvalue weighted by molar-refractivity contribution is 6.12. The summed E-state index contributed by atoms with van der Waals surface area (Å²) in [4.78, 5) is 27.1. The first-order valence-corrected chi connectivity index (χ1v) is 7.50. The van der Waals surface area contributed by atoms with Crippen LogP contribution in [0.25, 0.3) is 6.08 Å². The molecule has 126 valence electrons. The number of benzene rings is 2. The summed E-state index contributed by atoms with van der Waals surface area (Å²) in [5.74, 6) is 0.480. The van der Waals surface area contributed by atoms with Gasteiger partial charge in [-0.15, -0.1) is 0 Å². The second-order valence-corrected chi connectivity index (χ2v) is 5.23. The van der Waals surface area contributed by atoms with E-state index in [0.29, 0.717) is 17.1 Å². The first-order valence-electron chi connectivity index (χ1n) is 7.50. The van der Waals surface area contributed by atoms with Crippen molar-refractivity contribution in [2.45, 2.75) is 6.92 Å². The van der Waals surface area contributed by atoms with E-state index >= 15 is 0 Å². The van der Waals surface area contributed by atoms with Gasteiger partial charge >= 0.3 is 11.9 Å². The van der Waals surface area contributed by atoms with Crippen molar-refractivity contribution in [1.82, 2.24) is 0 Å². The molecule has 0 atom stereocenters. The monoisotopic (exact) mass is 337 g/mol. The van der Waals surface area contributed by atoms with E-state index in [1.165, 1.54) is 6.92 Å². The molecule has 1 heterocycles. The Labute approximate surface area is 144 Å². The van der Waals surface area contributed by atoms with E-state index in [4.69, 9.17) is 14.2 Å². The highest BCUT2D eigenvalue weighted by Gasteiger charge is 2.24. The number of hydrogen-bond donors (Lipinski definition) is 0. The fourth-order valence-electron chi connectivity index (χ4n) is 2.22. The van der Waals surface area contributed by atoms with Crippen LogP contribution >= 0.6 is 0 Å². The van der Waals surface area contributed by atoms with Crippen LogP contribution in [-0.2, 0) is 14.3 Å². The molecule has 1 aliphatic heterocycles. The smallest absolute Gasteiger partial charge is 0.363 e. The van der Waals surface area contributed by atoms with Gasteiger partial charge in [0.2, 0.25) is 5.90 Å². The molecule has 0 spiro atoms. The van der Waals surface area contributed by atoms with E-state index in [1.54, 1.807) is 61.7 Å². The van der Waals surface area contributed by atoms with Crippen molar-refractivity contribution < 1.29 is 23.8 Å². The maximum atomic E-state index is 12.0. The lowest BCUT2D eigenvalue weighted by Crippen LogP contribution is -2.05. The van der Waals surface area contributed by atoms with Crippen LogP contribution in [0.15, 0.2) is 59.2 Å². The zero-order valence-corrected chi connectivity index (χ0v) is 13.7. The second-order valence-electron chi connectivity index (χ2n) is 5.23. The minimum atomic E-state index is -0.519. The number of aliphatic imine (C=N–C) groups is 1. The molecule has 0 aromatic heterocycles. The minimum Gasteiger partial charge on any atom is -0.497 e. The standard InChI is InChI=1S/C19H15NO5/c1-12(21)24-16-7-3-13(4-8-16)11-17-19(22)25-18(20-17)14-5-9-15(23-2)10-6-14/h3-11H,1-2H3/b17-11-. The average Bonchev–Trinajstić information content (AvgIpc) is 2.97. The summed E-state index contributed by atoms with van der Waals surface area (Å²) in [5.41, 5.74) is 1.62. The molecule has 0 saturated carbocycles. The molecule has 2 aromatic carbocycles. The average molecular weight is 337 g/mol. The lowest BCUT2D eigenvalue weighted by atomic mass is 10.2. The fraction of sp³-hybridized carbons (Fsp3) is 0.105. The summed E-state index contributed by atoms with van der Waals surface area (Å²) < 4.78 is 15.3. The van der Waals surface area contributed by atoms with Gasteiger partial charge in [-0.25, -0.2) is 9.79 Å². The number of carbonyl (C=O) groups is 2. The van der Waals surface area contributed by atoms with E-state index in [1.807, 2.05) is 0 Å². The third kappa shape index (κ3) is 3.92. The van der Waals surface area contributed by atoms with E-state index in [-0.39, 0.29) is 17.6 Å². The van der Waals surface area contributed by atoms with E-state index in [2.05, 4.69) is 4.99 Å². The summed E-state index contributed by atoms with van der Waals surface area (Å²) in [6, 6.07) is 13.8. The van der Waals surface area contributed by atoms with Gasteiger partial charge in [0.1, 0.15) is 11.5 Å². The number of methoxy groups -OCH3 is 1. The molecular weight excluding hydrogens is 322 g/mol. The van der Waals surface area contributed by atoms with Crippen molar-refractivity contribution in [3.05, 3.63) is 65.4 Å². The SMILES string of the molecule is COc1ccc(C2=N/C(=C\c3ccc(OC(C)=O)cc3)C(=O)O2)cc1. The number of esters is 2. The Kier molecular flexibility index (Phi) is 4.61. The van der Waals surface area contributed by atoms with Crippen molar-refractivity contribution in [1.29, 1.82) is 0 Å². The van der Waals surface area contributed by atoms with Gasteiger partial charge in [-0.3, -0.25) is 4.79 Å². The van der Waals surface area contributed by atoms with Gasteiger partial charge in [0.25, 0.3) is 0 Å². The van der Waals surface area contributed by atoms with Gasteiger partial charge in [-0.2, -0.15) is 0 Å². The van der Waals surface area contributed by atoms with Crippen LogP contribution in [0.1, 0.15) is 18.1 Å². The molecule has 6 heteroatoms. The van der Waals surface area contributed by atoms with Crippen LogP contribution in [0.5, 0.6) is 11.5 Å². The first kappa shape index (κ1) is 16.4. The normalized spacial score (nSPS) is 14.9. The Bertz CT molecular complexity index is 864. The van der Waals surface area contributed by atoms with Crippen LogP contribution in [0.4, 0.5) is 0 Å². The van der Waals surface area contributed by atoms with E-state index < -0.39 is 5.97 Å². The number of nitrogens with zero attached hydrogens (tertiary/aromatic N) is 1. The van der Waals surface area contributed by atoms with Gasteiger partial charge < -0.3 is 14.2 Å². The molecule has 0 amide bonds. The fourth-order valence-corrected chi connectivity index (χ4v) is 2.22. The van der Waals surface area contributed by atoms with Crippen molar-refractivity contribution in [3.8, 4) is 11.5 Å². The topological polar surface area (TPSA) is 74.2 Å². The zero-order chi connectivity index (χ0) is 17.8. The van der Waals surface area contributed by atoms with E-state index in [9.17, 15) is 9.59 Å². The van der Waals surface area contributed by atoms with Crippen molar-refractivity contribution in [2.24, 2.45) is 4.99 Å². The maximum absolute atomic E-state index is 12.0. The maximum Gasteiger partial charge on any atom is 0.363 e. The Morgan fingerprint density at radius 3 is 2.28 bits per heavy atom. The predicted molar refractivity (Wildman–Crippen MR) is 91.4 cm³/mol. The van der Waals surface area contributed by atoms with Crippen LogP contribution < -0.4 is 9.47 Å². The largest absolute Gasteiger partial charge is 0.497 e. The second kappa shape index (κ2) is 7.00. The molecule has 0 saturated heterocycles. The van der Waals surface area contributed by atoms with Gasteiger partial charge in [-0.05, 0) is 48.0 Å². The minimum absolute atomic E-state index is 0.200. The molecule has 2 aromatic rings. The molecule has 0 fully saturated rings. The van der Waals surface area contributed by atoms with Crippen molar-refractivity contribution in [3.63, 3.8) is 0 Å². The first-order chi connectivity index (χ1) is 12.0. The van der Waals surface area contributed by atoms with Crippen LogP contribution in [0.2, 0.25) is 0 Å². The number of cyclic esters (lactones) is 1. The summed E-state index contributed by atoms with van der Waals surface area (Å²) >= 11 is 0. The Hall–Kier alpha value is -3.41. The van der Waals surface area contributed by atoms with Gasteiger partial charge in [-0.1, -0.05) is 12.1 Å². The lowest BCUT2D eigenvalue weighted by molar-refractivity contribution is -0.132. The highest BCUT2D eigenvalue weighted by atomic mass is 16.6. The zero-order valence-electron chi connectivity index (χ0n) is 13.7. The Morgan fingerprint density at radius 2 is 1.68 bits per heavy atom. The highest BCUT2D eigenvalue weighted by Crippen LogP contribution is 2.21. The number of ether oxygens (including phenoxy) is 3. The third-order valence-corrected chi connectivity index (χ3v) is 3.40. The van der Waals surface area contributed by atoms with E-state index in [0.717, 1.165) is 5.56 Å². The lowest BCUT2D eigenvalue weighted by Gasteiger charge is -2.01. The molecule has 25 heavy (non-hydrogen) atoms. The Balaban J connectivity index is 1.81. The molecular formula is C19H15NO5. The van der Waals surface area contributed by atoms with Gasteiger partial charge in [0.15, 0.2) is 5.70 Å². The number of hydrogen-bond acceptors (Lipinski definition) is 6. The molecule has 0 aliphatic carbocycles. The molecule has 0 unspecified atom stereocenters. The summed E-state index contributed by atoms with van der Waals surface area (Å²) in [5, 5.41) is 0. The molecule has 3 rings (SSSR count). The van der Waals surface area contributed by atoms with Crippen molar-refractivity contribution in [2.75, 3.05) is 7.11 Å². The Morgan fingerprint density at radius 1 is 1.04 bits per heavy atom. The summed E-state index contributed by atoms with van der Waals surface area (Å²) in [6.07, 6.45) is 1.61. The van der Waals surface area contributed by atoms with Gasteiger partial charge in [0.05, 0.1) is 7.11 Å². The quantitative estimate of drug-likeness (QED) is 0.487. The van der Waals surface area contributed by atoms with Crippen LogP contribution in [0, 0.1) is 0 Å². The number of rotatable bonds is 4. The summed E-state index contributed by atoms with van der Waals surface area (Å²) in [7, 11) is 1.58. The van der Waals surface area contributed by atoms with Crippen LogP contribution in [0.3, 0.4) is 0 Å². The molecule has 6 nitrogen and oxygen atoms in total. The van der Waals surface area contributed by atoms with Gasteiger partial charge in [0, 0.05) is 12.5 Å². The molecule has 0 radical (unpaired) electrons. The van der Waals surface area contributed by atoms with Crippen LogP contribution in [-0.4, -0.2) is 24.9 Å². The van der Waals surface area contributed by atoms with Crippen molar-refractivity contribution >= 4 is 23.9 Å². The predicted octanol–water partition coefficient (Wildman–Crippen LogP) is 2.97. The summed E-state index contributed by atoms with van der Waals surface area (Å²) in [6.45, 7) is 1.33. The number of carbonyl (C=O) groups excluding carboxylic acids is 2. The molecule has 1 aliphatic rings.